The molecule has 0 saturated heterocycles. The van der Waals surface area contributed by atoms with Crippen LogP contribution in [-0.4, -0.2) is 22.6 Å². The first kappa shape index (κ1) is 17.6. The largest absolute Gasteiger partial charge is 0.497 e. The lowest BCUT2D eigenvalue weighted by Gasteiger charge is -2.32. The van der Waals surface area contributed by atoms with Crippen LogP contribution < -0.4 is 4.74 Å². The van der Waals surface area contributed by atoms with Crippen LogP contribution in [0.4, 0.5) is 0 Å². The van der Waals surface area contributed by atoms with Gasteiger partial charge in [0, 0.05) is 34.5 Å². The molecule has 0 fully saturated rings. The molecule has 0 spiro atoms. The molecule has 5 heteroatoms. The average Bonchev–Trinajstić information content (AvgIpc) is 2.92. The van der Waals surface area contributed by atoms with Crippen molar-refractivity contribution in [3.63, 3.8) is 0 Å². The number of benzene rings is 2. The van der Waals surface area contributed by atoms with E-state index in [4.69, 9.17) is 4.74 Å². The smallest absolute Gasteiger partial charge is 0.226 e. The molecule has 27 heavy (non-hydrogen) atoms. The molecule has 140 valence electrons. The fraction of sp³-hybridized carbons (Fsp3) is 0.364. The van der Waals surface area contributed by atoms with Crippen molar-refractivity contribution >= 4 is 10.9 Å². The number of hydrogen-bond donors (Lipinski definition) is 0. The molecule has 3 aromatic rings. The second-order valence-corrected chi connectivity index (χ2v) is 7.65. The lowest BCUT2D eigenvalue weighted by atomic mass is 9.72. The summed E-state index contributed by atoms with van der Waals surface area (Å²) in [6, 6.07) is 13.5. The summed E-state index contributed by atoms with van der Waals surface area (Å²) in [7, 11) is 3.70. The summed E-state index contributed by atoms with van der Waals surface area (Å²) in [5.74, 6) is 0.452. The Kier molecular flexibility index (Phi) is 4.17. The number of aryl methyl sites for hydroxylation is 2. The molecule has 5 nitrogen and oxygen atoms in total. The molecule has 0 bridgehead atoms. The van der Waals surface area contributed by atoms with Crippen LogP contribution in [0.1, 0.15) is 35.2 Å². The van der Waals surface area contributed by atoms with Crippen LogP contribution in [0.15, 0.2) is 42.5 Å². The Balaban J connectivity index is 2.01. The highest BCUT2D eigenvalue weighted by molar-refractivity contribution is 5.87. The number of nitrogens with zero attached hydrogens (tertiary/aromatic N) is 2. The third-order valence-corrected chi connectivity index (χ3v) is 5.99. The first-order chi connectivity index (χ1) is 12.9. The van der Waals surface area contributed by atoms with E-state index in [9.17, 15) is 10.1 Å². The summed E-state index contributed by atoms with van der Waals surface area (Å²) in [6.45, 7) is 4.06. The van der Waals surface area contributed by atoms with Crippen molar-refractivity contribution in [2.45, 2.75) is 32.2 Å². The summed E-state index contributed by atoms with van der Waals surface area (Å²) < 4.78 is 7.49. The number of rotatable bonds is 3. The van der Waals surface area contributed by atoms with Crippen molar-refractivity contribution in [3.05, 3.63) is 75.0 Å². The highest BCUT2D eigenvalue weighted by Crippen LogP contribution is 2.45. The van der Waals surface area contributed by atoms with E-state index in [1.165, 1.54) is 11.3 Å². The molecule has 0 amide bonds. The minimum absolute atomic E-state index is 0.0382. The number of methoxy groups -OCH3 is 1. The summed E-state index contributed by atoms with van der Waals surface area (Å²) >= 11 is 0. The predicted molar refractivity (Wildman–Crippen MR) is 106 cm³/mol. The van der Waals surface area contributed by atoms with Gasteiger partial charge in [-0.25, -0.2) is 0 Å². The number of ether oxygens (including phenoxy) is 1. The lowest BCUT2D eigenvalue weighted by Crippen LogP contribution is -2.39. The van der Waals surface area contributed by atoms with Gasteiger partial charge >= 0.3 is 0 Å². The third kappa shape index (κ3) is 2.69. The molecule has 0 N–H and O–H groups in total. The van der Waals surface area contributed by atoms with Gasteiger partial charge < -0.3 is 9.30 Å². The van der Waals surface area contributed by atoms with Gasteiger partial charge in [0.15, 0.2) is 0 Å². The second kappa shape index (κ2) is 6.41. The number of nitro groups is 1. The van der Waals surface area contributed by atoms with Gasteiger partial charge in [-0.05, 0) is 48.7 Å². The fourth-order valence-electron chi connectivity index (χ4n) is 4.66. The molecular weight excluding hydrogens is 340 g/mol. The van der Waals surface area contributed by atoms with Crippen molar-refractivity contribution in [2.75, 3.05) is 7.11 Å². The van der Waals surface area contributed by atoms with E-state index < -0.39 is 6.04 Å². The van der Waals surface area contributed by atoms with E-state index in [2.05, 4.69) is 36.7 Å². The summed E-state index contributed by atoms with van der Waals surface area (Å²) in [6.07, 6.45) is 0.720. The van der Waals surface area contributed by atoms with Crippen molar-refractivity contribution in [2.24, 2.45) is 13.0 Å². The van der Waals surface area contributed by atoms with E-state index in [0.717, 1.165) is 34.2 Å². The summed E-state index contributed by atoms with van der Waals surface area (Å²) in [5.41, 5.74) is 5.60. The fourth-order valence-corrected chi connectivity index (χ4v) is 4.66. The Morgan fingerprint density at radius 1 is 1.19 bits per heavy atom. The van der Waals surface area contributed by atoms with Crippen LogP contribution in [0.25, 0.3) is 10.9 Å². The molecule has 0 aliphatic heterocycles. The predicted octanol–water partition coefficient (Wildman–Crippen LogP) is 4.46. The first-order valence-electron chi connectivity index (χ1n) is 9.27. The van der Waals surface area contributed by atoms with Gasteiger partial charge in [0.2, 0.25) is 6.04 Å². The summed E-state index contributed by atoms with van der Waals surface area (Å²) in [5, 5.41) is 13.2. The molecule has 2 aromatic carbocycles. The second-order valence-electron chi connectivity index (χ2n) is 7.65. The Morgan fingerprint density at radius 2 is 1.89 bits per heavy atom. The highest BCUT2D eigenvalue weighted by Gasteiger charge is 2.45. The lowest BCUT2D eigenvalue weighted by molar-refractivity contribution is -0.535. The number of fused-ring (bicyclic) bond motifs is 3. The standard InChI is InChI=1S/C22H24N2O3/c1-13-5-10-18-17(11-13)21-19(23(18)3)12-14(2)22(24(25)26)20(21)15-6-8-16(27-4)9-7-15/h5-11,14,20,22H,12H2,1-4H3/t14-,20+,22+/m0/s1. The van der Waals surface area contributed by atoms with E-state index in [1.54, 1.807) is 7.11 Å². The zero-order valence-corrected chi connectivity index (χ0v) is 16.1. The maximum Gasteiger partial charge on any atom is 0.226 e. The normalized spacial score (nSPS) is 21.9. The van der Waals surface area contributed by atoms with Crippen LogP contribution in [0.5, 0.6) is 5.75 Å². The Labute approximate surface area is 158 Å². The Morgan fingerprint density at radius 3 is 2.52 bits per heavy atom. The molecular formula is C22H24N2O3. The summed E-state index contributed by atoms with van der Waals surface area (Å²) in [4.78, 5) is 12.0. The van der Waals surface area contributed by atoms with Crippen LogP contribution in [-0.2, 0) is 13.5 Å². The number of aromatic nitrogens is 1. The topological polar surface area (TPSA) is 57.3 Å². The molecule has 1 aromatic heterocycles. The van der Waals surface area contributed by atoms with Crippen LogP contribution in [0.3, 0.4) is 0 Å². The Hall–Kier alpha value is -2.82. The van der Waals surface area contributed by atoms with Gasteiger partial charge in [-0.1, -0.05) is 30.7 Å². The zero-order valence-electron chi connectivity index (χ0n) is 16.1. The minimum Gasteiger partial charge on any atom is -0.497 e. The van der Waals surface area contributed by atoms with Crippen molar-refractivity contribution in [1.82, 2.24) is 4.57 Å². The molecule has 0 radical (unpaired) electrons. The van der Waals surface area contributed by atoms with Crippen LogP contribution >= 0.6 is 0 Å². The van der Waals surface area contributed by atoms with Crippen molar-refractivity contribution < 1.29 is 9.66 Å². The molecule has 0 unspecified atom stereocenters. The van der Waals surface area contributed by atoms with Gasteiger partial charge in [-0.2, -0.15) is 0 Å². The van der Waals surface area contributed by atoms with Gasteiger partial charge in [-0.3, -0.25) is 10.1 Å². The quantitative estimate of drug-likeness (QED) is 0.509. The van der Waals surface area contributed by atoms with Crippen molar-refractivity contribution in [1.29, 1.82) is 0 Å². The Bertz CT molecular complexity index is 1020. The maximum atomic E-state index is 12.1. The van der Waals surface area contributed by atoms with Crippen LogP contribution in [0, 0.1) is 23.0 Å². The van der Waals surface area contributed by atoms with Gasteiger partial charge in [0.05, 0.1) is 13.0 Å². The van der Waals surface area contributed by atoms with E-state index >= 15 is 0 Å². The molecule has 3 atom stereocenters. The van der Waals surface area contributed by atoms with E-state index in [1.807, 2.05) is 31.2 Å². The SMILES string of the molecule is COc1ccc([C@@H]2c3c(n(C)c4ccc(C)cc34)C[C@H](C)[C@H]2[N+](=O)[O-])cc1. The zero-order chi connectivity index (χ0) is 19.3. The highest BCUT2D eigenvalue weighted by atomic mass is 16.6. The molecule has 1 aliphatic carbocycles. The molecule has 1 heterocycles. The monoisotopic (exact) mass is 364 g/mol. The molecule has 1 aliphatic rings. The van der Waals surface area contributed by atoms with Crippen LogP contribution in [0.2, 0.25) is 0 Å². The maximum absolute atomic E-state index is 12.1. The van der Waals surface area contributed by atoms with E-state index in [0.29, 0.717) is 0 Å². The van der Waals surface area contributed by atoms with Gasteiger partial charge in [-0.15, -0.1) is 0 Å². The first-order valence-corrected chi connectivity index (χ1v) is 9.27. The average molecular weight is 364 g/mol. The van der Waals surface area contributed by atoms with Gasteiger partial charge in [0.1, 0.15) is 5.75 Å². The molecule has 0 saturated carbocycles. The third-order valence-electron chi connectivity index (χ3n) is 5.99. The molecule has 4 rings (SSSR count). The van der Waals surface area contributed by atoms with E-state index in [-0.39, 0.29) is 16.8 Å². The minimum atomic E-state index is -0.642. The van der Waals surface area contributed by atoms with Crippen molar-refractivity contribution in [3.8, 4) is 5.75 Å². The number of hydrogen-bond acceptors (Lipinski definition) is 3. The van der Waals surface area contributed by atoms with Gasteiger partial charge in [0.25, 0.3) is 0 Å².